The first-order valence-electron chi connectivity index (χ1n) is 8.85. The van der Waals surface area contributed by atoms with E-state index in [1.54, 1.807) is 12.1 Å². The number of thiazole rings is 1. The van der Waals surface area contributed by atoms with E-state index in [4.69, 9.17) is 4.74 Å². The summed E-state index contributed by atoms with van der Waals surface area (Å²) in [5.41, 5.74) is 2.94. The molecule has 1 unspecified atom stereocenters. The Balaban J connectivity index is 1.25. The van der Waals surface area contributed by atoms with Crippen molar-refractivity contribution in [1.29, 1.82) is 0 Å². The lowest BCUT2D eigenvalue weighted by Gasteiger charge is -2.11. The molecule has 138 valence electrons. The fourth-order valence-electron chi connectivity index (χ4n) is 3.11. The molecule has 2 aromatic carbocycles. The van der Waals surface area contributed by atoms with E-state index in [-0.39, 0.29) is 24.2 Å². The van der Waals surface area contributed by atoms with Gasteiger partial charge in [0.05, 0.1) is 23.7 Å². The summed E-state index contributed by atoms with van der Waals surface area (Å²) in [7, 11) is 0. The van der Waals surface area contributed by atoms with Gasteiger partial charge in [-0.2, -0.15) is 0 Å². The highest BCUT2D eigenvalue weighted by Crippen LogP contribution is 2.27. The van der Waals surface area contributed by atoms with Crippen LogP contribution in [-0.4, -0.2) is 23.5 Å². The Morgan fingerprint density at radius 1 is 1.22 bits per heavy atom. The SMILES string of the molecule is O=C(Cc1csc(Cc2ccc(F)cc2)n1)NCC1Cc2ccccc2O1. The van der Waals surface area contributed by atoms with Crippen LogP contribution in [0, 0.1) is 5.82 Å². The number of benzene rings is 2. The number of ether oxygens (including phenoxy) is 1. The molecule has 1 aromatic heterocycles. The highest BCUT2D eigenvalue weighted by atomic mass is 32.1. The number of halogens is 1. The van der Waals surface area contributed by atoms with Crippen molar-refractivity contribution in [1.82, 2.24) is 10.3 Å². The van der Waals surface area contributed by atoms with E-state index in [1.165, 1.54) is 29.0 Å². The standard InChI is InChI=1S/C21H19FN2O2S/c22-16-7-5-14(6-8-16)9-21-24-17(13-27-21)11-20(25)23-12-18-10-15-3-1-2-4-19(15)26-18/h1-8,13,18H,9-12H2,(H,23,25). The van der Waals surface area contributed by atoms with Gasteiger partial charge in [0, 0.05) is 18.2 Å². The number of nitrogens with one attached hydrogen (secondary N) is 1. The molecule has 1 amide bonds. The summed E-state index contributed by atoms with van der Waals surface area (Å²) in [6.07, 6.45) is 1.69. The Bertz CT molecular complexity index is 914. The molecule has 1 atom stereocenters. The monoisotopic (exact) mass is 382 g/mol. The second-order valence-corrected chi connectivity index (χ2v) is 7.51. The molecule has 0 saturated carbocycles. The van der Waals surface area contributed by atoms with E-state index in [0.29, 0.717) is 13.0 Å². The van der Waals surface area contributed by atoms with Crippen molar-refractivity contribution in [3.8, 4) is 5.75 Å². The van der Waals surface area contributed by atoms with Crippen molar-refractivity contribution < 1.29 is 13.9 Å². The van der Waals surface area contributed by atoms with Crippen molar-refractivity contribution in [2.45, 2.75) is 25.4 Å². The number of para-hydroxylation sites is 1. The summed E-state index contributed by atoms with van der Waals surface area (Å²) >= 11 is 1.52. The minimum Gasteiger partial charge on any atom is -0.488 e. The number of aromatic nitrogens is 1. The minimum absolute atomic E-state index is 0.0178. The van der Waals surface area contributed by atoms with Crippen LogP contribution in [0.1, 0.15) is 21.8 Å². The molecular formula is C21H19FN2O2S. The number of hydrogen-bond donors (Lipinski definition) is 1. The number of fused-ring (bicyclic) bond motifs is 1. The van der Waals surface area contributed by atoms with E-state index >= 15 is 0 Å². The molecule has 2 heterocycles. The number of hydrogen-bond acceptors (Lipinski definition) is 4. The fraction of sp³-hybridized carbons (Fsp3) is 0.238. The molecule has 6 heteroatoms. The maximum absolute atomic E-state index is 13.0. The van der Waals surface area contributed by atoms with E-state index in [0.717, 1.165) is 28.4 Å². The summed E-state index contributed by atoms with van der Waals surface area (Å²) in [6.45, 7) is 0.486. The van der Waals surface area contributed by atoms with E-state index in [1.807, 2.05) is 23.6 Å². The van der Waals surface area contributed by atoms with Crippen molar-refractivity contribution >= 4 is 17.2 Å². The molecule has 1 aliphatic rings. The van der Waals surface area contributed by atoms with Crippen LogP contribution in [-0.2, 0) is 24.1 Å². The third-order valence-electron chi connectivity index (χ3n) is 4.45. The number of carbonyl (C=O) groups excluding carboxylic acids is 1. The van der Waals surface area contributed by atoms with Gasteiger partial charge < -0.3 is 10.1 Å². The molecule has 0 radical (unpaired) electrons. The molecule has 4 nitrogen and oxygen atoms in total. The molecule has 0 aliphatic carbocycles. The van der Waals surface area contributed by atoms with Crippen molar-refractivity contribution in [2.75, 3.05) is 6.54 Å². The zero-order valence-electron chi connectivity index (χ0n) is 14.7. The second kappa shape index (κ2) is 7.88. The van der Waals surface area contributed by atoms with Crippen LogP contribution in [0.2, 0.25) is 0 Å². The molecule has 1 aliphatic heterocycles. The van der Waals surface area contributed by atoms with Crippen LogP contribution >= 0.6 is 11.3 Å². The van der Waals surface area contributed by atoms with Gasteiger partial charge in [-0.3, -0.25) is 4.79 Å². The highest BCUT2D eigenvalue weighted by molar-refractivity contribution is 7.09. The Kier molecular flexibility index (Phi) is 5.16. The van der Waals surface area contributed by atoms with Crippen LogP contribution in [0.15, 0.2) is 53.9 Å². The van der Waals surface area contributed by atoms with E-state index < -0.39 is 0 Å². The largest absolute Gasteiger partial charge is 0.488 e. The van der Waals surface area contributed by atoms with Crippen molar-refractivity contribution in [2.24, 2.45) is 0 Å². The molecule has 3 aromatic rings. The average molecular weight is 382 g/mol. The van der Waals surface area contributed by atoms with Gasteiger partial charge in [0.1, 0.15) is 17.7 Å². The number of rotatable bonds is 6. The second-order valence-electron chi connectivity index (χ2n) is 6.57. The van der Waals surface area contributed by atoms with Crippen LogP contribution < -0.4 is 10.1 Å². The zero-order chi connectivity index (χ0) is 18.6. The van der Waals surface area contributed by atoms with Gasteiger partial charge >= 0.3 is 0 Å². The van der Waals surface area contributed by atoms with Gasteiger partial charge in [-0.15, -0.1) is 11.3 Å². The summed E-state index contributed by atoms with van der Waals surface area (Å²) in [5, 5.41) is 5.75. The minimum atomic E-state index is -0.246. The fourth-order valence-corrected chi connectivity index (χ4v) is 3.94. The van der Waals surface area contributed by atoms with E-state index in [2.05, 4.69) is 16.4 Å². The average Bonchev–Trinajstić information content (AvgIpc) is 3.28. The molecule has 27 heavy (non-hydrogen) atoms. The van der Waals surface area contributed by atoms with E-state index in [9.17, 15) is 9.18 Å². The number of nitrogens with zero attached hydrogens (tertiary/aromatic N) is 1. The first-order chi connectivity index (χ1) is 13.2. The number of carbonyl (C=O) groups is 1. The van der Waals surface area contributed by atoms with Gasteiger partial charge in [-0.25, -0.2) is 9.37 Å². The van der Waals surface area contributed by atoms with Crippen LogP contribution in [0.3, 0.4) is 0 Å². The topological polar surface area (TPSA) is 51.2 Å². The maximum atomic E-state index is 13.0. The summed E-state index contributed by atoms with van der Waals surface area (Å²) in [5.74, 6) is 0.597. The third-order valence-corrected chi connectivity index (χ3v) is 5.35. The molecule has 1 N–H and O–H groups in total. The first kappa shape index (κ1) is 17.7. The lowest BCUT2D eigenvalue weighted by Crippen LogP contribution is -2.35. The van der Waals surface area contributed by atoms with Gasteiger partial charge in [0.2, 0.25) is 5.91 Å². The van der Waals surface area contributed by atoms with Gasteiger partial charge in [-0.05, 0) is 29.3 Å². The molecule has 4 rings (SSSR count). The Morgan fingerprint density at radius 3 is 2.85 bits per heavy atom. The molecule has 0 bridgehead atoms. The Labute approximate surface area is 161 Å². The van der Waals surface area contributed by atoms with Crippen molar-refractivity contribution in [3.63, 3.8) is 0 Å². The first-order valence-corrected chi connectivity index (χ1v) is 9.72. The summed E-state index contributed by atoms with van der Waals surface area (Å²) < 4.78 is 18.8. The molecular weight excluding hydrogens is 363 g/mol. The molecule has 0 spiro atoms. The third kappa shape index (κ3) is 4.52. The van der Waals surface area contributed by atoms with Crippen molar-refractivity contribution in [3.05, 3.63) is 81.6 Å². The predicted molar refractivity (Wildman–Crippen MR) is 103 cm³/mol. The highest BCUT2D eigenvalue weighted by Gasteiger charge is 2.22. The van der Waals surface area contributed by atoms with Crippen LogP contribution in [0.5, 0.6) is 5.75 Å². The normalized spacial score (nSPS) is 15.2. The number of amides is 1. The molecule has 0 saturated heterocycles. The van der Waals surface area contributed by atoms with Gasteiger partial charge in [-0.1, -0.05) is 30.3 Å². The van der Waals surface area contributed by atoms with Gasteiger partial charge in [0.25, 0.3) is 0 Å². The predicted octanol–water partition coefficient (Wildman–Crippen LogP) is 3.54. The molecule has 0 fully saturated rings. The zero-order valence-corrected chi connectivity index (χ0v) is 15.5. The van der Waals surface area contributed by atoms with Gasteiger partial charge in [0.15, 0.2) is 0 Å². The smallest absolute Gasteiger partial charge is 0.226 e. The summed E-state index contributed by atoms with van der Waals surface area (Å²) in [4.78, 5) is 16.7. The lowest BCUT2D eigenvalue weighted by atomic mass is 10.1. The summed E-state index contributed by atoms with van der Waals surface area (Å²) in [6, 6.07) is 14.3. The van der Waals surface area contributed by atoms with Crippen LogP contribution in [0.25, 0.3) is 0 Å². The maximum Gasteiger partial charge on any atom is 0.226 e. The Hall–Kier alpha value is -2.73. The quantitative estimate of drug-likeness (QED) is 0.710. The lowest BCUT2D eigenvalue weighted by molar-refractivity contribution is -0.120. The van der Waals surface area contributed by atoms with Crippen LogP contribution in [0.4, 0.5) is 4.39 Å². The Morgan fingerprint density at radius 2 is 2.04 bits per heavy atom.